The summed E-state index contributed by atoms with van der Waals surface area (Å²) in [6.45, 7) is 11.5. The van der Waals surface area contributed by atoms with Gasteiger partial charge in [-0.2, -0.15) is 0 Å². The zero-order valence-corrected chi connectivity index (χ0v) is 20.1. The van der Waals surface area contributed by atoms with Crippen LogP contribution >= 0.6 is 0 Å². The Balaban J connectivity index is 1.49. The van der Waals surface area contributed by atoms with Crippen molar-refractivity contribution in [2.75, 3.05) is 39.5 Å². The summed E-state index contributed by atoms with van der Waals surface area (Å²) in [5.41, 5.74) is 1.42. The van der Waals surface area contributed by atoms with E-state index in [9.17, 15) is 4.79 Å². The van der Waals surface area contributed by atoms with E-state index in [1.165, 1.54) is 5.56 Å². The Kier molecular flexibility index (Phi) is 7.56. The quantitative estimate of drug-likeness (QED) is 0.633. The van der Waals surface area contributed by atoms with Crippen molar-refractivity contribution < 1.29 is 19.0 Å². The molecule has 1 amide bonds. The number of fused-ring (bicyclic) bond motifs is 1. The molecule has 1 unspecified atom stereocenters. The van der Waals surface area contributed by atoms with Crippen molar-refractivity contribution in [2.45, 2.75) is 45.9 Å². The molecular weight excluding hydrogens is 416 g/mol. The number of ether oxygens (including phenoxy) is 3. The second-order valence-electron chi connectivity index (χ2n) is 9.69. The molecule has 1 saturated heterocycles. The lowest BCUT2D eigenvalue weighted by Crippen LogP contribution is -2.59. The van der Waals surface area contributed by atoms with Crippen LogP contribution < -0.4 is 9.47 Å². The number of carbonyl (C=O) groups excluding carboxylic acids is 1. The van der Waals surface area contributed by atoms with Crippen LogP contribution in [0.15, 0.2) is 48.5 Å². The molecule has 1 fully saturated rings. The molecule has 0 radical (unpaired) electrons. The highest BCUT2D eigenvalue weighted by Crippen LogP contribution is 2.31. The first-order valence-corrected chi connectivity index (χ1v) is 12.0. The van der Waals surface area contributed by atoms with Crippen LogP contribution in [0.1, 0.15) is 38.3 Å². The highest BCUT2D eigenvalue weighted by molar-refractivity contribution is 5.85. The molecule has 0 aliphatic carbocycles. The van der Waals surface area contributed by atoms with E-state index in [-0.39, 0.29) is 5.91 Å². The summed E-state index contributed by atoms with van der Waals surface area (Å²) in [5.74, 6) is 1.93. The van der Waals surface area contributed by atoms with Gasteiger partial charge in [0.2, 0.25) is 0 Å². The van der Waals surface area contributed by atoms with Gasteiger partial charge < -0.3 is 19.1 Å². The van der Waals surface area contributed by atoms with Crippen LogP contribution in [0.5, 0.6) is 11.5 Å². The Morgan fingerprint density at radius 1 is 1.03 bits per heavy atom. The maximum absolute atomic E-state index is 13.8. The number of nitrogens with zero attached hydrogens (tertiary/aromatic N) is 2. The summed E-state index contributed by atoms with van der Waals surface area (Å²) in [6, 6.07) is 16.4. The van der Waals surface area contributed by atoms with Gasteiger partial charge >= 0.3 is 0 Å². The molecule has 6 nitrogen and oxygen atoms in total. The molecule has 0 N–H and O–H groups in total. The summed E-state index contributed by atoms with van der Waals surface area (Å²) < 4.78 is 17.7. The predicted octanol–water partition coefficient (Wildman–Crippen LogP) is 4.12. The Bertz CT molecular complexity index is 933. The van der Waals surface area contributed by atoms with Gasteiger partial charge in [0.05, 0.1) is 19.8 Å². The van der Waals surface area contributed by atoms with E-state index < -0.39 is 5.60 Å². The van der Waals surface area contributed by atoms with E-state index in [1.807, 2.05) is 36.1 Å². The number of carbonyl (C=O) groups is 1. The lowest BCUT2D eigenvalue weighted by Gasteiger charge is -2.42. The third-order valence-electron chi connectivity index (χ3n) is 6.11. The van der Waals surface area contributed by atoms with Crippen LogP contribution in [0, 0.1) is 5.92 Å². The van der Waals surface area contributed by atoms with Crippen LogP contribution in [0.4, 0.5) is 0 Å². The van der Waals surface area contributed by atoms with Crippen molar-refractivity contribution in [1.82, 2.24) is 9.80 Å². The molecule has 2 aliphatic rings. The van der Waals surface area contributed by atoms with Crippen molar-refractivity contribution in [3.63, 3.8) is 0 Å². The molecule has 0 saturated carbocycles. The van der Waals surface area contributed by atoms with Crippen molar-refractivity contribution in [1.29, 1.82) is 0 Å². The van der Waals surface area contributed by atoms with Gasteiger partial charge in [0.25, 0.3) is 5.91 Å². The molecule has 2 aliphatic heterocycles. The average Bonchev–Trinajstić information content (AvgIpc) is 3.04. The maximum atomic E-state index is 13.8. The van der Waals surface area contributed by atoms with Gasteiger partial charge in [-0.3, -0.25) is 9.69 Å². The first kappa shape index (κ1) is 23.6. The molecule has 178 valence electrons. The highest BCUT2D eigenvalue weighted by Gasteiger charge is 2.42. The molecule has 6 heteroatoms. The number of morpholine rings is 1. The Labute approximate surface area is 197 Å². The molecule has 0 bridgehead atoms. The largest absolute Gasteiger partial charge is 0.490 e. The first-order chi connectivity index (χ1) is 15.9. The average molecular weight is 453 g/mol. The monoisotopic (exact) mass is 452 g/mol. The molecule has 0 aromatic heterocycles. The van der Waals surface area contributed by atoms with Gasteiger partial charge in [-0.1, -0.05) is 50.2 Å². The third kappa shape index (κ3) is 6.06. The van der Waals surface area contributed by atoms with Crippen LogP contribution in [0.2, 0.25) is 0 Å². The Morgan fingerprint density at radius 3 is 2.55 bits per heavy atom. The lowest BCUT2D eigenvalue weighted by molar-refractivity contribution is -0.169. The van der Waals surface area contributed by atoms with Crippen LogP contribution in [-0.2, 0) is 22.6 Å². The molecule has 0 spiro atoms. The molecule has 2 heterocycles. The van der Waals surface area contributed by atoms with Crippen molar-refractivity contribution in [3.05, 3.63) is 59.7 Å². The molecule has 1 atom stereocenters. The summed E-state index contributed by atoms with van der Waals surface area (Å²) >= 11 is 0. The minimum Gasteiger partial charge on any atom is -0.490 e. The van der Waals surface area contributed by atoms with Gasteiger partial charge in [0, 0.05) is 39.1 Å². The highest BCUT2D eigenvalue weighted by atomic mass is 16.5. The van der Waals surface area contributed by atoms with Crippen LogP contribution in [0.25, 0.3) is 0 Å². The normalized spacial score (nSPS) is 21.0. The topological polar surface area (TPSA) is 51.2 Å². The van der Waals surface area contributed by atoms with Gasteiger partial charge in [-0.25, -0.2) is 0 Å². The predicted molar refractivity (Wildman–Crippen MR) is 128 cm³/mol. The van der Waals surface area contributed by atoms with Crippen molar-refractivity contribution in [2.24, 2.45) is 5.92 Å². The number of rotatable bonds is 7. The number of hydrogen-bond acceptors (Lipinski definition) is 5. The van der Waals surface area contributed by atoms with E-state index >= 15 is 0 Å². The van der Waals surface area contributed by atoms with Crippen LogP contribution in [0.3, 0.4) is 0 Å². The zero-order chi connectivity index (χ0) is 23.3. The van der Waals surface area contributed by atoms with E-state index in [4.69, 9.17) is 14.2 Å². The number of benzene rings is 2. The molecular formula is C27H36N2O4. The van der Waals surface area contributed by atoms with Gasteiger partial charge in [-0.15, -0.1) is 0 Å². The van der Waals surface area contributed by atoms with Gasteiger partial charge in [-0.05, 0) is 36.1 Å². The number of hydrogen-bond donors (Lipinski definition) is 0. The zero-order valence-electron chi connectivity index (χ0n) is 20.1. The maximum Gasteiger partial charge on any atom is 0.256 e. The minimum absolute atomic E-state index is 0.0427. The second-order valence-corrected chi connectivity index (χ2v) is 9.69. The third-order valence-corrected chi connectivity index (χ3v) is 6.11. The van der Waals surface area contributed by atoms with Crippen molar-refractivity contribution >= 4 is 5.91 Å². The smallest absolute Gasteiger partial charge is 0.256 e. The Morgan fingerprint density at radius 2 is 1.79 bits per heavy atom. The van der Waals surface area contributed by atoms with Gasteiger partial charge in [0.15, 0.2) is 17.1 Å². The summed E-state index contributed by atoms with van der Waals surface area (Å²) in [6.07, 6.45) is 0.872. The SMILES string of the molecule is CC(C)CN(Cc1ccc2c(c1)OCCCO2)C(=O)C1(C)CN(Cc2ccccc2)CCO1. The Hall–Kier alpha value is -2.57. The van der Waals surface area contributed by atoms with E-state index in [1.54, 1.807) is 0 Å². The van der Waals surface area contributed by atoms with Crippen molar-refractivity contribution in [3.8, 4) is 11.5 Å². The molecule has 4 rings (SSSR count). The summed E-state index contributed by atoms with van der Waals surface area (Å²) in [7, 11) is 0. The fourth-order valence-corrected chi connectivity index (χ4v) is 4.58. The summed E-state index contributed by atoms with van der Waals surface area (Å²) in [4.78, 5) is 18.1. The van der Waals surface area contributed by atoms with E-state index in [0.29, 0.717) is 45.4 Å². The first-order valence-electron chi connectivity index (χ1n) is 12.0. The second kappa shape index (κ2) is 10.6. The molecule has 33 heavy (non-hydrogen) atoms. The van der Waals surface area contributed by atoms with Gasteiger partial charge in [0.1, 0.15) is 0 Å². The standard InChI is InChI=1S/C27H36N2O4/c1-21(2)17-29(19-23-10-11-24-25(16-23)32-14-7-13-31-24)26(30)27(3)20-28(12-15-33-27)18-22-8-5-4-6-9-22/h4-6,8-11,16,21H,7,12-15,17-20H2,1-3H3. The molecule has 2 aromatic rings. The fraction of sp³-hybridized carbons (Fsp3) is 0.519. The summed E-state index contributed by atoms with van der Waals surface area (Å²) in [5, 5.41) is 0. The van der Waals surface area contributed by atoms with Crippen LogP contribution in [-0.4, -0.2) is 60.8 Å². The minimum atomic E-state index is -0.868. The fourth-order valence-electron chi connectivity index (χ4n) is 4.58. The van der Waals surface area contributed by atoms with E-state index in [2.05, 4.69) is 43.0 Å². The number of amides is 1. The lowest BCUT2D eigenvalue weighted by atomic mass is 10.00. The van der Waals surface area contributed by atoms with E-state index in [0.717, 1.165) is 36.6 Å². The molecule has 2 aromatic carbocycles.